The van der Waals surface area contributed by atoms with E-state index in [9.17, 15) is 4.39 Å². The van der Waals surface area contributed by atoms with Gasteiger partial charge in [-0.3, -0.25) is 4.68 Å². The minimum Gasteiger partial charge on any atom is -0.367 e. The van der Waals surface area contributed by atoms with Gasteiger partial charge in [-0.1, -0.05) is 11.6 Å². The van der Waals surface area contributed by atoms with Gasteiger partial charge in [0, 0.05) is 54.8 Å². The Labute approximate surface area is 178 Å². The van der Waals surface area contributed by atoms with Crippen molar-refractivity contribution in [1.29, 1.82) is 0 Å². The maximum Gasteiger partial charge on any atom is 0.161 e. The minimum atomic E-state index is -0.383. The molecule has 4 heterocycles. The number of halogens is 2. The van der Waals surface area contributed by atoms with Gasteiger partial charge in [0.1, 0.15) is 5.52 Å². The van der Waals surface area contributed by atoms with Gasteiger partial charge in [0.05, 0.1) is 22.6 Å². The average Bonchev–Trinajstić information content (AvgIpc) is 3.08. The van der Waals surface area contributed by atoms with Crippen molar-refractivity contribution in [3.05, 3.63) is 47.5 Å². The number of piperazine rings is 1. The van der Waals surface area contributed by atoms with Crippen LogP contribution in [-0.2, 0) is 7.05 Å². The highest BCUT2D eigenvalue weighted by atomic mass is 35.5. The van der Waals surface area contributed by atoms with Crippen molar-refractivity contribution in [3.8, 4) is 11.3 Å². The van der Waals surface area contributed by atoms with Gasteiger partial charge in [0.15, 0.2) is 11.5 Å². The van der Waals surface area contributed by atoms with Crippen LogP contribution in [0.4, 0.5) is 10.1 Å². The van der Waals surface area contributed by atoms with E-state index in [0.29, 0.717) is 39.5 Å². The molecule has 1 saturated heterocycles. The first-order valence-corrected chi connectivity index (χ1v) is 10.4. The normalized spacial score (nSPS) is 19.7. The van der Waals surface area contributed by atoms with Crippen LogP contribution < -0.4 is 10.2 Å². The van der Waals surface area contributed by atoms with Crippen LogP contribution >= 0.6 is 11.6 Å². The number of hydrogen-bond donors (Lipinski definition) is 1. The van der Waals surface area contributed by atoms with Gasteiger partial charge in [-0.2, -0.15) is 5.10 Å². The van der Waals surface area contributed by atoms with E-state index in [1.165, 1.54) is 6.07 Å². The Kier molecular flexibility index (Phi) is 4.60. The molecular weight excluding hydrogens is 403 g/mol. The van der Waals surface area contributed by atoms with Gasteiger partial charge in [-0.15, -0.1) is 0 Å². The lowest BCUT2D eigenvalue weighted by molar-refractivity contribution is 0.407. The third-order valence-electron chi connectivity index (χ3n) is 5.49. The second kappa shape index (κ2) is 7.18. The lowest BCUT2D eigenvalue weighted by Crippen LogP contribution is -2.54. The molecule has 1 aliphatic heterocycles. The molecule has 5 rings (SSSR count). The Morgan fingerprint density at radius 1 is 1.13 bits per heavy atom. The number of fused-ring (bicyclic) bond motifs is 2. The molecule has 0 unspecified atom stereocenters. The Bertz CT molecular complexity index is 1260. The molecule has 0 bridgehead atoms. The molecule has 0 aliphatic carbocycles. The topological polar surface area (TPSA) is 58.9 Å². The molecule has 1 aliphatic rings. The van der Waals surface area contributed by atoms with Crippen molar-refractivity contribution in [2.45, 2.75) is 25.9 Å². The highest BCUT2D eigenvalue weighted by Crippen LogP contribution is 2.32. The van der Waals surface area contributed by atoms with E-state index in [2.05, 4.69) is 39.1 Å². The zero-order valence-electron chi connectivity index (χ0n) is 17.0. The first-order chi connectivity index (χ1) is 14.4. The molecule has 2 atom stereocenters. The fourth-order valence-corrected chi connectivity index (χ4v) is 4.52. The standard InChI is InChI=1S/C22H22ClFN6/c1-12-9-30(10-13(2)26-12)16-6-17-18(23)7-20(27-22(17)25-8-16)14-4-15-11-29(3)28-21(15)19(24)5-14/h4-8,11-13,26H,9-10H2,1-3H3/t12-,13+. The quantitative estimate of drug-likeness (QED) is 0.523. The third-order valence-corrected chi connectivity index (χ3v) is 5.81. The summed E-state index contributed by atoms with van der Waals surface area (Å²) in [5.74, 6) is -0.383. The number of rotatable bonds is 2. The molecule has 0 saturated carbocycles. The molecule has 30 heavy (non-hydrogen) atoms. The van der Waals surface area contributed by atoms with Gasteiger partial charge in [0.2, 0.25) is 0 Å². The SMILES string of the molecule is C[C@@H]1CN(c2cnc3nc(-c4cc(F)c5nn(C)cc5c4)cc(Cl)c3c2)C[C@H](C)N1. The number of hydrogen-bond acceptors (Lipinski definition) is 5. The zero-order chi connectivity index (χ0) is 21.0. The van der Waals surface area contributed by atoms with Crippen molar-refractivity contribution in [2.75, 3.05) is 18.0 Å². The van der Waals surface area contributed by atoms with Crippen LogP contribution in [0, 0.1) is 5.82 Å². The summed E-state index contributed by atoms with van der Waals surface area (Å²) >= 11 is 6.62. The molecule has 3 aromatic heterocycles. The Morgan fingerprint density at radius 2 is 1.90 bits per heavy atom. The summed E-state index contributed by atoms with van der Waals surface area (Å²) in [5, 5.41) is 9.75. The van der Waals surface area contributed by atoms with Crippen molar-refractivity contribution in [1.82, 2.24) is 25.1 Å². The summed E-state index contributed by atoms with van der Waals surface area (Å²) in [6, 6.07) is 7.92. The average molecular weight is 425 g/mol. The summed E-state index contributed by atoms with van der Waals surface area (Å²) in [4.78, 5) is 11.5. The van der Waals surface area contributed by atoms with E-state index in [-0.39, 0.29) is 5.82 Å². The fourth-order valence-electron chi connectivity index (χ4n) is 4.27. The summed E-state index contributed by atoms with van der Waals surface area (Å²) in [7, 11) is 1.77. The monoisotopic (exact) mass is 424 g/mol. The van der Waals surface area contributed by atoms with Crippen LogP contribution in [0.25, 0.3) is 33.2 Å². The van der Waals surface area contributed by atoms with Gasteiger partial charge in [-0.05, 0) is 38.1 Å². The third kappa shape index (κ3) is 3.38. The predicted molar refractivity (Wildman–Crippen MR) is 118 cm³/mol. The zero-order valence-corrected chi connectivity index (χ0v) is 17.8. The van der Waals surface area contributed by atoms with E-state index in [0.717, 1.165) is 29.5 Å². The van der Waals surface area contributed by atoms with Crippen LogP contribution in [0.1, 0.15) is 13.8 Å². The number of nitrogens with zero attached hydrogens (tertiary/aromatic N) is 5. The van der Waals surface area contributed by atoms with Crippen LogP contribution in [-0.4, -0.2) is 44.9 Å². The summed E-state index contributed by atoms with van der Waals surface area (Å²) in [6.45, 7) is 6.17. The van der Waals surface area contributed by atoms with Crippen molar-refractivity contribution >= 4 is 39.2 Å². The molecule has 0 amide bonds. The number of benzene rings is 1. The molecule has 0 spiro atoms. The van der Waals surface area contributed by atoms with Crippen LogP contribution in [0.3, 0.4) is 0 Å². The van der Waals surface area contributed by atoms with E-state index in [4.69, 9.17) is 11.6 Å². The van der Waals surface area contributed by atoms with Gasteiger partial charge < -0.3 is 10.2 Å². The Hall–Kier alpha value is -2.77. The maximum atomic E-state index is 14.5. The van der Waals surface area contributed by atoms with Crippen molar-refractivity contribution in [2.24, 2.45) is 7.05 Å². The molecule has 0 radical (unpaired) electrons. The smallest absolute Gasteiger partial charge is 0.161 e. The molecule has 8 heteroatoms. The Balaban J connectivity index is 1.56. The molecule has 154 valence electrons. The summed E-state index contributed by atoms with van der Waals surface area (Å²) in [5.41, 5.74) is 3.15. The molecule has 1 aromatic carbocycles. The fraction of sp³-hybridized carbons (Fsp3) is 0.318. The van der Waals surface area contributed by atoms with Crippen LogP contribution in [0.2, 0.25) is 5.02 Å². The first-order valence-electron chi connectivity index (χ1n) is 9.98. The number of aromatic nitrogens is 4. The number of anilines is 1. The predicted octanol–water partition coefficient (Wildman–Crippen LogP) is 4.16. The lowest BCUT2D eigenvalue weighted by Gasteiger charge is -2.37. The maximum absolute atomic E-state index is 14.5. The lowest BCUT2D eigenvalue weighted by atomic mass is 10.1. The number of pyridine rings is 2. The number of aryl methyl sites for hydroxylation is 1. The minimum absolute atomic E-state index is 0.343. The second-order valence-corrected chi connectivity index (χ2v) is 8.53. The molecular formula is C22H22ClFN6. The molecule has 4 aromatic rings. The van der Waals surface area contributed by atoms with E-state index < -0.39 is 0 Å². The highest BCUT2D eigenvalue weighted by Gasteiger charge is 2.22. The molecule has 6 nitrogen and oxygen atoms in total. The van der Waals surface area contributed by atoms with E-state index in [1.54, 1.807) is 24.0 Å². The number of nitrogens with one attached hydrogen (secondary N) is 1. The van der Waals surface area contributed by atoms with Crippen LogP contribution in [0.15, 0.2) is 36.7 Å². The van der Waals surface area contributed by atoms with Crippen molar-refractivity contribution < 1.29 is 4.39 Å². The van der Waals surface area contributed by atoms with Gasteiger partial charge in [0.25, 0.3) is 0 Å². The van der Waals surface area contributed by atoms with E-state index in [1.807, 2.05) is 18.3 Å². The van der Waals surface area contributed by atoms with Crippen LogP contribution in [0.5, 0.6) is 0 Å². The largest absolute Gasteiger partial charge is 0.367 e. The van der Waals surface area contributed by atoms with E-state index >= 15 is 0 Å². The second-order valence-electron chi connectivity index (χ2n) is 8.13. The molecule has 1 N–H and O–H groups in total. The summed E-state index contributed by atoms with van der Waals surface area (Å²) in [6.07, 6.45) is 3.62. The first kappa shape index (κ1) is 19.2. The van der Waals surface area contributed by atoms with Crippen molar-refractivity contribution in [3.63, 3.8) is 0 Å². The van der Waals surface area contributed by atoms with Gasteiger partial charge in [-0.25, -0.2) is 14.4 Å². The highest BCUT2D eigenvalue weighted by molar-refractivity contribution is 6.35. The summed E-state index contributed by atoms with van der Waals surface area (Å²) < 4.78 is 16.1. The van der Waals surface area contributed by atoms with Gasteiger partial charge >= 0.3 is 0 Å². The Morgan fingerprint density at radius 3 is 2.67 bits per heavy atom. The molecule has 1 fully saturated rings.